The number of hydrogen-bond donors (Lipinski definition) is 3. The zero-order valence-electron chi connectivity index (χ0n) is 23.0. The highest BCUT2D eigenvalue weighted by atomic mass is 19.1. The number of fused-ring (bicyclic) bond motifs is 1. The van der Waals surface area contributed by atoms with Gasteiger partial charge in [-0.25, -0.2) is 23.1 Å². The molecule has 2 unspecified atom stereocenters. The van der Waals surface area contributed by atoms with E-state index in [1.807, 2.05) is 21.0 Å². The van der Waals surface area contributed by atoms with Gasteiger partial charge < -0.3 is 29.6 Å². The van der Waals surface area contributed by atoms with E-state index < -0.39 is 34.8 Å². The van der Waals surface area contributed by atoms with Crippen LogP contribution in [0, 0.1) is 22.9 Å². The number of aromatic nitrogens is 2. The van der Waals surface area contributed by atoms with Crippen molar-refractivity contribution in [3.05, 3.63) is 71.8 Å². The molecule has 0 saturated carbocycles. The molecule has 0 amide bonds. The number of aliphatic imine (C=N–C) groups is 1. The van der Waals surface area contributed by atoms with Crippen LogP contribution >= 0.6 is 0 Å². The number of methoxy groups -OCH3 is 1. The second-order valence-electron chi connectivity index (χ2n) is 10.4. The van der Waals surface area contributed by atoms with Crippen LogP contribution in [-0.4, -0.2) is 67.0 Å². The normalized spacial score (nSPS) is 17.8. The third-order valence-electron chi connectivity index (χ3n) is 6.75. The first-order chi connectivity index (χ1) is 19.6. The molecule has 0 aliphatic carbocycles. The van der Waals surface area contributed by atoms with Gasteiger partial charge in [0.1, 0.15) is 30.0 Å². The van der Waals surface area contributed by atoms with Crippen LogP contribution in [0.5, 0.6) is 11.5 Å². The van der Waals surface area contributed by atoms with Gasteiger partial charge in [-0.05, 0) is 49.5 Å². The maximum atomic E-state index is 15.2. The minimum Gasteiger partial charge on any atom is -0.464 e. The van der Waals surface area contributed by atoms with Crippen LogP contribution in [0.15, 0.2) is 53.8 Å². The van der Waals surface area contributed by atoms with E-state index in [2.05, 4.69) is 20.3 Å². The molecule has 2 atom stereocenters. The van der Waals surface area contributed by atoms with E-state index >= 15 is 8.78 Å². The van der Waals surface area contributed by atoms with E-state index in [4.69, 9.17) is 14.2 Å². The van der Waals surface area contributed by atoms with Gasteiger partial charge in [0.05, 0.1) is 18.5 Å². The molecule has 0 saturated heterocycles. The lowest BCUT2D eigenvalue weighted by atomic mass is 9.93. The van der Waals surface area contributed by atoms with Crippen LogP contribution in [0.4, 0.5) is 18.9 Å². The van der Waals surface area contributed by atoms with Gasteiger partial charge in [0.15, 0.2) is 17.4 Å². The van der Waals surface area contributed by atoms with Crippen molar-refractivity contribution in [1.29, 1.82) is 0 Å². The Labute approximate surface area is 234 Å². The molecule has 0 radical (unpaired) electrons. The first-order valence-corrected chi connectivity index (χ1v) is 12.8. The van der Waals surface area contributed by atoms with Crippen molar-refractivity contribution in [3.8, 4) is 22.6 Å². The molecule has 1 aliphatic rings. The SMILES string of the molecule is COC(c1cc(F)cc(-c2c[nH]c3nccc(Oc4c(F)cc(NC5=NCC(C)(CO)CO5)cc4F)c23)c1)N(C)C. The van der Waals surface area contributed by atoms with Crippen molar-refractivity contribution in [2.75, 3.05) is 46.3 Å². The van der Waals surface area contributed by atoms with Gasteiger partial charge in [-0.1, -0.05) is 6.92 Å². The van der Waals surface area contributed by atoms with Gasteiger partial charge in [0.2, 0.25) is 0 Å². The Bertz CT molecular complexity index is 1590. The van der Waals surface area contributed by atoms with Gasteiger partial charge in [-0.15, -0.1) is 0 Å². The molecule has 2 aromatic heterocycles. The van der Waals surface area contributed by atoms with Crippen molar-refractivity contribution < 1.29 is 32.5 Å². The predicted octanol–water partition coefficient (Wildman–Crippen LogP) is 5.44. The molecule has 0 spiro atoms. The van der Waals surface area contributed by atoms with Crippen LogP contribution < -0.4 is 10.1 Å². The molecule has 1 aliphatic heterocycles. The number of aliphatic hydroxyl groups is 1. The maximum absolute atomic E-state index is 15.2. The number of anilines is 1. The Kier molecular flexibility index (Phi) is 7.89. The van der Waals surface area contributed by atoms with Crippen molar-refractivity contribution >= 4 is 22.7 Å². The fraction of sp³-hybridized carbons (Fsp3) is 0.310. The molecule has 3 heterocycles. The molecule has 12 heteroatoms. The van der Waals surface area contributed by atoms with E-state index in [0.29, 0.717) is 34.3 Å². The van der Waals surface area contributed by atoms with Gasteiger partial charge >= 0.3 is 0 Å². The number of benzene rings is 2. The van der Waals surface area contributed by atoms with E-state index in [0.717, 1.165) is 12.1 Å². The number of pyridine rings is 1. The van der Waals surface area contributed by atoms with Crippen LogP contribution in [-0.2, 0) is 9.47 Å². The van der Waals surface area contributed by atoms with Crippen LogP contribution in [0.3, 0.4) is 0 Å². The molecule has 3 N–H and O–H groups in total. The third kappa shape index (κ3) is 5.85. The number of amidine groups is 1. The first kappa shape index (κ1) is 28.4. The number of halogens is 3. The quantitative estimate of drug-likeness (QED) is 0.243. The van der Waals surface area contributed by atoms with Crippen LogP contribution in [0.25, 0.3) is 22.2 Å². The molecule has 4 aromatic rings. The van der Waals surface area contributed by atoms with Gasteiger partial charge in [0, 0.05) is 48.3 Å². The monoisotopic (exact) mass is 569 g/mol. The summed E-state index contributed by atoms with van der Waals surface area (Å²) in [6.45, 7) is 2.21. The van der Waals surface area contributed by atoms with Gasteiger partial charge in [-0.2, -0.15) is 0 Å². The Morgan fingerprint density at radius 2 is 1.93 bits per heavy atom. The molecule has 41 heavy (non-hydrogen) atoms. The summed E-state index contributed by atoms with van der Waals surface area (Å²) in [5, 5.41) is 12.6. The molecular weight excluding hydrogens is 539 g/mol. The summed E-state index contributed by atoms with van der Waals surface area (Å²) in [5.41, 5.74) is 1.55. The van der Waals surface area contributed by atoms with E-state index in [1.54, 1.807) is 17.2 Å². The van der Waals surface area contributed by atoms with Crippen molar-refractivity contribution in [2.45, 2.75) is 13.2 Å². The fourth-order valence-corrected chi connectivity index (χ4v) is 4.63. The Morgan fingerprint density at radius 1 is 1.17 bits per heavy atom. The van der Waals surface area contributed by atoms with E-state index in [-0.39, 0.29) is 30.7 Å². The van der Waals surface area contributed by atoms with E-state index in [1.165, 1.54) is 31.5 Å². The highest BCUT2D eigenvalue weighted by molar-refractivity contribution is 5.98. The zero-order valence-corrected chi connectivity index (χ0v) is 23.0. The average Bonchev–Trinajstić information content (AvgIpc) is 3.37. The van der Waals surface area contributed by atoms with Crippen LogP contribution in [0.1, 0.15) is 18.7 Å². The number of aromatic amines is 1. The molecular formula is C29H30F3N5O4. The minimum atomic E-state index is -0.965. The maximum Gasteiger partial charge on any atom is 0.289 e. The minimum absolute atomic E-state index is 0.0711. The zero-order chi connectivity index (χ0) is 29.3. The molecule has 216 valence electrons. The Morgan fingerprint density at radius 3 is 2.56 bits per heavy atom. The summed E-state index contributed by atoms with van der Waals surface area (Å²) in [4.78, 5) is 13.3. The smallest absolute Gasteiger partial charge is 0.289 e. The number of hydrogen-bond acceptors (Lipinski definition) is 8. The van der Waals surface area contributed by atoms with E-state index in [9.17, 15) is 9.50 Å². The molecule has 0 bridgehead atoms. The summed E-state index contributed by atoms with van der Waals surface area (Å²) >= 11 is 0. The largest absolute Gasteiger partial charge is 0.464 e. The molecule has 5 rings (SSSR count). The van der Waals surface area contributed by atoms with Gasteiger partial charge in [-0.3, -0.25) is 4.90 Å². The summed E-state index contributed by atoms with van der Waals surface area (Å²) in [5.74, 6) is -2.91. The van der Waals surface area contributed by atoms with Crippen molar-refractivity contribution in [2.24, 2.45) is 10.4 Å². The van der Waals surface area contributed by atoms with Crippen LogP contribution in [0.2, 0.25) is 0 Å². The topological polar surface area (TPSA) is 104 Å². The summed E-state index contributed by atoms with van der Waals surface area (Å²) in [6.07, 6.45) is 2.57. The second-order valence-corrected chi connectivity index (χ2v) is 10.4. The summed E-state index contributed by atoms with van der Waals surface area (Å²) in [6, 6.07) is 8.21. The summed E-state index contributed by atoms with van der Waals surface area (Å²) in [7, 11) is 5.16. The third-order valence-corrected chi connectivity index (χ3v) is 6.75. The number of rotatable bonds is 8. The Hall–Kier alpha value is -4.13. The lowest BCUT2D eigenvalue weighted by molar-refractivity contribution is -0.00556. The lowest BCUT2D eigenvalue weighted by Gasteiger charge is -2.30. The number of nitrogens with one attached hydrogen (secondary N) is 2. The highest BCUT2D eigenvalue weighted by Crippen LogP contribution is 2.39. The number of aliphatic hydroxyl groups excluding tert-OH is 1. The Balaban J connectivity index is 1.47. The standard InChI is InChI=1S/C29H30F3N5O4/c1-29(14-38)13-35-28(40-15-29)36-19-10-21(31)25(22(32)11-19)41-23-5-6-33-26-24(23)20(12-34-26)16-7-17(9-18(30)8-16)27(39-4)37(2)3/h5-12,27,38H,13-15H2,1-4H3,(H,33,34)(H,35,36). The lowest BCUT2D eigenvalue weighted by Crippen LogP contribution is -2.38. The first-order valence-electron chi connectivity index (χ1n) is 12.8. The van der Waals surface area contributed by atoms with Crippen molar-refractivity contribution in [3.63, 3.8) is 0 Å². The number of H-pyrrole nitrogens is 1. The summed E-state index contributed by atoms with van der Waals surface area (Å²) < 4.78 is 61.9. The molecule has 0 fully saturated rings. The highest BCUT2D eigenvalue weighted by Gasteiger charge is 2.29. The van der Waals surface area contributed by atoms with Gasteiger partial charge in [0.25, 0.3) is 6.02 Å². The number of ether oxygens (including phenoxy) is 3. The molecule has 9 nitrogen and oxygen atoms in total. The molecule has 2 aromatic carbocycles. The average molecular weight is 570 g/mol. The predicted molar refractivity (Wildman–Crippen MR) is 148 cm³/mol. The fourth-order valence-electron chi connectivity index (χ4n) is 4.63. The second kappa shape index (κ2) is 11.4. The number of nitrogens with zero attached hydrogens (tertiary/aromatic N) is 3. The van der Waals surface area contributed by atoms with Crippen molar-refractivity contribution in [1.82, 2.24) is 14.9 Å².